The number of aromatic nitrogens is 4. The van der Waals surface area contributed by atoms with Crippen LogP contribution in [0.4, 0.5) is 19.0 Å². The molecule has 2 aromatic heterocycles. The average Bonchev–Trinajstić information content (AvgIpc) is 3.28. The summed E-state index contributed by atoms with van der Waals surface area (Å²) in [5.41, 5.74) is 0.367. The Morgan fingerprint density at radius 3 is 2.58 bits per heavy atom. The van der Waals surface area contributed by atoms with Crippen LogP contribution in [-0.2, 0) is 6.18 Å². The van der Waals surface area contributed by atoms with Crippen LogP contribution in [-0.4, -0.2) is 44.8 Å². The highest BCUT2D eigenvalue weighted by Crippen LogP contribution is 2.30. The van der Waals surface area contributed by atoms with Gasteiger partial charge < -0.3 is 10.2 Å². The molecule has 0 unspecified atom stereocenters. The van der Waals surface area contributed by atoms with Crippen molar-refractivity contribution in [1.82, 2.24) is 25.1 Å². The van der Waals surface area contributed by atoms with Crippen molar-refractivity contribution >= 4 is 11.7 Å². The first-order valence-corrected chi connectivity index (χ1v) is 9.88. The van der Waals surface area contributed by atoms with Crippen molar-refractivity contribution in [2.24, 2.45) is 0 Å². The van der Waals surface area contributed by atoms with Crippen molar-refractivity contribution in [3.8, 4) is 5.69 Å². The van der Waals surface area contributed by atoms with Gasteiger partial charge in [-0.3, -0.25) is 4.79 Å². The van der Waals surface area contributed by atoms with Gasteiger partial charge in [-0.25, -0.2) is 14.6 Å². The predicted octanol–water partition coefficient (Wildman–Crippen LogP) is 3.39. The van der Waals surface area contributed by atoms with Crippen molar-refractivity contribution in [2.45, 2.75) is 32.0 Å². The maximum absolute atomic E-state index is 13.0. The van der Waals surface area contributed by atoms with Crippen molar-refractivity contribution in [1.29, 1.82) is 0 Å². The van der Waals surface area contributed by atoms with E-state index in [2.05, 4.69) is 20.4 Å². The van der Waals surface area contributed by atoms with Gasteiger partial charge in [0.1, 0.15) is 17.3 Å². The third-order valence-corrected chi connectivity index (χ3v) is 5.15. The normalized spacial score (nSPS) is 15.2. The maximum atomic E-state index is 13.0. The number of amides is 1. The molecular formula is C21H21F3N6O. The molecule has 1 amide bonds. The number of carbonyl (C=O) groups is 1. The van der Waals surface area contributed by atoms with E-state index in [-0.39, 0.29) is 23.6 Å². The number of rotatable bonds is 4. The first-order valence-electron chi connectivity index (χ1n) is 9.88. The molecule has 7 nitrogen and oxygen atoms in total. The minimum Gasteiger partial charge on any atom is -0.356 e. The van der Waals surface area contributed by atoms with E-state index in [4.69, 9.17) is 0 Å². The van der Waals surface area contributed by atoms with Crippen LogP contribution in [0.25, 0.3) is 5.69 Å². The van der Waals surface area contributed by atoms with Crippen molar-refractivity contribution in [3.63, 3.8) is 0 Å². The van der Waals surface area contributed by atoms with Crippen LogP contribution >= 0.6 is 0 Å². The first kappa shape index (κ1) is 20.8. The van der Waals surface area contributed by atoms with Gasteiger partial charge in [-0.15, -0.1) is 0 Å². The molecule has 10 heteroatoms. The van der Waals surface area contributed by atoms with Gasteiger partial charge in [0, 0.05) is 43.2 Å². The molecule has 162 valence electrons. The van der Waals surface area contributed by atoms with E-state index in [9.17, 15) is 18.0 Å². The molecule has 4 rings (SSSR count). The van der Waals surface area contributed by atoms with Crippen LogP contribution < -0.4 is 10.2 Å². The molecule has 1 fully saturated rings. The number of aryl methyl sites for hydroxylation is 1. The molecule has 3 aromatic rings. The van der Waals surface area contributed by atoms with Gasteiger partial charge in [0.05, 0.1) is 5.69 Å². The van der Waals surface area contributed by atoms with Gasteiger partial charge in [0.25, 0.3) is 5.91 Å². The Kier molecular flexibility index (Phi) is 5.62. The molecule has 0 atom stereocenters. The van der Waals surface area contributed by atoms with Gasteiger partial charge in [-0.2, -0.15) is 18.3 Å². The molecule has 1 N–H and O–H groups in total. The molecule has 1 saturated heterocycles. The highest BCUT2D eigenvalue weighted by molar-refractivity contribution is 5.94. The zero-order valence-corrected chi connectivity index (χ0v) is 16.8. The molecule has 0 aliphatic carbocycles. The molecule has 31 heavy (non-hydrogen) atoms. The Hall–Kier alpha value is -3.43. The Bertz CT molecular complexity index is 1060. The van der Waals surface area contributed by atoms with E-state index >= 15 is 0 Å². The number of benzene rings is 1. The molecule has 0 bridgehead atoms. The zero-order valence-electron chi connectivity index (χ0n) is 16.8. The summed E-state index contributed by atoms with van der Waals surface area (Å²) in [5, 5.41) is 7.18. The number of halogens is 3. The minimum atomic E-state index is -4.51. The fraction of sp³-hybridized carbons (Fsp3) is 0.333. The highest BCUT2D eigenvalue weighted by atomic mass is 19.4. The lowest BCUT2D eigenvalue weighted by Crippen LogP contribution is -2.45. The maximum Gasteiger partial charge on any atom is 0.433 e. The van der Waals surface area contributed by atoms with Crippen LogP contribution in [0.5, 0.6) is 0 Å². The first-order chi connectivity index (χ1) is 14.8. The second-order valence-electron chi connectivity index (χ2n) is 7.39. The van der Waals surface area contributed by atoms with Crippen molar-refractivity contribution in [3.05, 3.63) is 65.9 Å². The summed E-state index contributed by atoms with van der Waals surface area (Å²) in [5.74, 6) is 0.151. The van der Waals surface area contributed by atoms with Crippen LogP contribution in [0.15, 0.2) is 48.8 Å². The van der Waals surface area contributed by atoms with E-state index in [1.807, 2.05) is 6.07 Å². The Morgan fingerprint density at radius 1 is 1.13 bits per heavy atom. The van der Waals surface area contributed by atoms with Crippen LogP contribution in [0.2, 0.25) is 0 Å². The number of alkyl halides is 3. The quantitative estimate of drug-likeness (QED) is 0.687. The van der Waals surface area contributed by atoms with Crippen molar-refractivity contribution in [2.75, 3.05) is 18.0 Å². The Balaban J connectivity index is 1.38. The van der Waals surface area contributed by atoms with E-state index < -0.39 is 11.9 Å². The lowest BCUT2D eigenvalue weighted by molar-refractivity contribution is -0.141. The van der Waals surface area contributed by atoms with Gasteiger partial charge in [-0.05, 0) is 44.0 Å². The molecular weight excluding hydrogens is 409 g/mol. The fourth-order valence-corrected chi connectivity index (χ4v) is 3.59. The number of anilines is 1. The van der Waals surface area contributed by atoms with Gasteiger partial charge in [0.15, 0.2) is 0 Å². The summed E-state index contributed by atoms with van der Waals surface area (Å²) >= 11 is 0. The smallest absolute Gasteiger partial charge is 0.356 e. The topological polar surface area (TPSA) is 75.9 Å². The Labute approximate surface area is 176 Å². The standard InChI is InChI=1S/C21H21F3N6O/c1-14-26-18(21(22,23)24)13-19(27-14)29-10-6-16(7-11-29)28-20(31)15-4-2-5-17(12-15)30-9-3-8-25-30/h2-5,8-9,12-13,16H,6-7,10-11H2,1H3,(H,28,31). The predicted molar refractivity (Wildman–Crippen MR) is 108 cm³/mol. The molecule has 0 spiro atoms. The summed E-state index contributed by atoms with van der Waals surface area (Å²) in [6.45, 7) is 2.43. The van der Waals surface area contributed by atoms with Crippen LogP contribution in [0.3, 0.4) is 0 Å². The summed E-state index contributed by atoms with van der Waals surface area (Å²) in [6.07, 6.45) is 0.159. The van der Waals surface area contributed by atoms with Gasteiger partial charge in [0.2, 0.25) is 0 Å². The van der Waals surface area contributed by atoms with Crippen molar-refractivity contribution < 1.29 is 18.0 Å². The van der Waals surface area contributed by atoms with Crippen LogP contribution in [0.1, 0.15) is 34.7 Å². The lowest BCUT2D eigenvalue weighted by Gasteiger charge is -2.33. The second-order valence-corrected chi connectivity index (χ2v) is 7.39. The fourth-order valence-electron chi connectivity index (χ4n) is 3.59. The third kappa shape index (κ3) is 4.84. The number of piperidine rings is 1. The van der Waals surface area contributed by atoms with Gasteiger partial charge >= 0.3 is 6.18 Å². The average molecular weight is 430 g/mol. The molecule has 3 heterocycles. The number of carbonyl (C=O) groups excluding carboxylic acids is 1. The number of nitrogens with one attached hydrogen (secondary N) is 1. The molecule has 0 saturated carbocycles. The third-order valence-electron chi connectivity index (χ3n) is 5.15. The highest BCUT2D eigenvalue weighted by Gasteiger charge is 2.34. The summed E-state index contributed by atoms with van der Waals surface area (Å²) in [6, 6.07) is 9.87. The van der Waals surface area contributed by atoms with Crippen LogP contribution in [0, 0.1) is 6.92 Å². The Morgan fingerprint density at radius 2 is 1.90 bits per heavy atom. The second kappa shape index (κ2) is 8.37. The summed E-state index contributed by atoms with van der Waals surface area (Å²) in [7, 11) is 0. The van der Waals surface area contributed by atoms with E-state index in [1.165, 1.54) is 6.92 Å². The SMILES string of the molecule is Cc1nc(N2CCC(NC(=O)c3cccc(-n4cccn4)c3)CC2)cc(C(F)(F)F)n1. The lowest BCUT2D eigenvalue weighted by atomic mass is 10.0. The largest absolute Gasteiger partial charge is 0.433 e. The number of hydrogen-bond donors (Lipinski definition) is 1. The minimum absolute atomic E-state index is 0.0675. The van der Waals surface area contributed by atoms with E-state index in [0.717, 1.165) is 11.8 Å². The van der Waals surface area contributed by atoms with Gasteiger partial charge in [-0.1, -0.05) is 6.07 Å². The monoisotopic (exact) mass is 430 g/mol. The molecule has 0 radical (unpaired) electrons. The number of hydrogen-bond acceptors (Lipinski definition) is 5. The summed E-state index contributed by atoms with van der Waals surface area (Å²) in [4.78, 5) is 22.1. The molecule has 1 aliphatic rings. The summed E-state index contributed by atoms with van der Waals surface area (Å²) < 4.78 is 40.8. The molecule has 1 aromatic carbocycles. The molecule has 1 aliphatic heterocycles. The van der Waals surface area contributed by atoms with E-state index in [1.54, 1.807) is 46.2 Å². The van der Waals surface area contributed by atoms with E-state index in [0.29, 0.717) is 31.5 Å². The number of nitrogens with zero attached hydrogens (tertiary/aromatic N) is 5. The zero-order chi connectivity index (χ0) is 22.0.